The van der Waals surface area contributed by atoms with E-state index >= 15 is 0 Å². The molecule has 5 heteroatoms. The van der Waals surface area contributed by atoms with Gasteiger partial charge in [-0.1, -0.05) is 48.8 Å². The molecule has 1 heterocycles. The number of ketones is 1. The van der Waals surface area contributed by atoms with Crippen LogP contribution in [0.2, 0.25) is 0 Å². The van der Waals surface area contributed by atoms with Crippen molar-refractivity contribution in [2.45, 2.75) is 52.9 Å². The molecule has 0 saturated heterocycles. The predicted octanol–water partition coefficient (Wildman–Crippen LogP) is 6.25. The topological polar surface area (TPSA) is 72.5 Å². The Hall–Kier alpha value is -2.11. The molecule has 3 rings (SSSR count). The number of ether oxygens (including phenoxy) is 1. The highest BCUT2D eigenvalue weighted by Gasteiger charge is 2.29. The third kappa shape index (κ3) is 6.44. The number of phenols is 1. The maximum absolute atomic E-state index is 13.4. The number of phenolic OH excluding ortho intramolecular Hbond substituents is 1. The van der Waals surface area contributed by atoms with Gasteiger partial charge in [0.2, 0.25) is 0 Å². The highest BCUT2D eigenvalue weighted by molar-refractivity contribution is 9.10. The molecule has 0 amide bonds. The van der Waals surface area contributed by atoms with Crippen molar-refractivity contribution in [3.63, 3.8) is 0 Å². The number of hydrogen-bond acceptors (Lipinski definition) is 4. The van der Waals surface area contributed by atoms with Crippen molar-refractivity contribution >= 4 is 27.3 Å². The summed E-state index contributed by atoms with van der Waals surface area (Å²) in [5.74, 6) is 1.16. The molecule has 0 saturated carbocycles. The first-order chi connectivity index (χ1) is 14.9. The Kier molecular flexibility index (Phi) is 9.79. The summed E-state index contributed by atoms with van der Waals surface area (Å²) in [6.45, 7) is 9.50. The normalized spacial score (nSPS) is 16.5. The lowest BCUT2D eigenvalue weighted by atomic mass is 9.83. The van der Waals surface area contributed by atoms with E-state index in [0.717, 1.165) is 46.3 Å². The second-order valence-electron chi connectivity index (χ2n) is 7.90. The molecule has 0 aromatic heterocycles. The Morgan fingerprint density at radius 3 is 2.61 bits per heavy atom. The summed E-state index contributed by atoms with van der Waals surface area (Å²) >= 11 is 3.56. The van der Waals surface area contributed by atoms with Crippen molar-refractivity contribution in [2.75, 3.05) is 13.2 Å². The largest absolute Gasteiger partial charge is 0.508 e. The zero-order chi connectivity index (χ0) is 23.0. The Bertz CT molecular complexity index is 921. The van der Waals surface area contributed by atoms with Crippen LogP contribution in [0.5, 0.6) is 11.5 Å². The van der Waals surface area contributed by atoms with E-state index in [4.69, 9.17) is 10.5 Å². The number of nitrogens with two attached hydrogens (primary N) is 1. The van der Waals surface area contributed by atoms with Crippen molar-refractivity contribution in [3.05, 3.63) is 63.6 Å². The monoisotopic (exact) mass is 487 g/mol. The molecule has 2 atom stereocenters. The van der Waals surface area contributed by atoms with Crippen molar-refractivity contribution in [1.82, 2.24) is 0 Å². The third-order valence-electron chi connectivity index (χ3n) is 5.61. The molecule has 4 nitrogen and oxygen atoms in total. The Morgan fingerprint density at radius 1 is 1.29 bits per heavy atom. The standard InChI is InChI=1S/C23H25BrO3.C3H9N/c1-4-14(3)21-12-17(24)6-8-20(21)19(5-2)23(26)16-10-15-11-18(25)7-9-22(15)27-13-16;1-2-3-4/h5-9,11-12,14,16,25H,4,10,13H2,1-3H3;2-4H2,1H3/b19-5+;. The van der Waals surface area contributed by atoms with Crippen LogP contribution in [0.3, 0.4) is 0 Å². The number of aromatic hydroxyl groups is 1. The first-order valence-corrected chi connectivity index (χ1v) is 11.8. The number of benzene rings is 2. The fraction of sp³-hybridized carbons (Fsp3) is 0.423. The molecule has 0 fully saturated rings. The molecule has 1 aliphatic rings. The van der Waals surface area contributed by atoms with E-state index in [1.54, 1.807) is 18.2 Å². The quantitative estimate of drug-likeness (QED) is 0.472. The lowest BCUT2D eigenvalue weighted by Gasteiger charge is -2.26. The number of carbonyl (C=O) groups excluding carboxylic acids is 1. The van der Waals surface area contributed by atoms with Gasteiger partial charge in [0.25, 0.3) is 0 Å². The van der Waals surface area contributed by atoms with Gasteiger partial charge in [0.1, 0.15) is 11.5 Å². The van der Waals surface area contributed by atoms with Gasteiger partial charge in [-0.2, -0.15) is 0 Å². The minimum absolute atomic E-state index is 0.0957. The van der Waals surface area contributed by atoms with Gasteiger partial charge < -0.3 is 15.6 Å². The molecule has 2 aromatic carbocycles. The number of hydrogen-bond donors (Lipinski definition) is 2. The summed E-state index contributed by atoms with van der Waals surface area (Å²) in [7, 11) is 0. The second kappa shape index (κ2) is 12.1. The van der Waals surface area contributed by atoms with E-state index in [9.17, 15) is 9.90 Å². The van der Waals surface area contributed by atoms with Crippen LogP contribution in [0, 0.1) is 5.92 Å². The van der Waals surface area contributed by atoms with E-state index in [2.05, 4.69) is 42.8 Å². The third-order valence-corrected chi connectivity index (χ3v) is 6.10. The first kappa shape index (κ1) is 25.2. The second-order valence-corrected chi connectivity index (χ2v) is 8.82. The van der Waals surface area contributed by atoms with Gasteiger partial charge in [0.15, 0.2) is 5.78 Å². The van der Waals surface area contributed by atoms with Crippen LogP contribution in [-0.4, -0.2) is 24.0 Å². The van der Waals surface area contributed by atoms with E-state index < -0.39 is 0 Å². The molecule has 31 heavy (non-hydrogen) atoms. The van der Waals surface area contributed by atoms with Gasteiger partial charge in [-0.05, 0) is 85.7 Å². The summed E-state index contributed by atoms with van der Waals surface area (Å²) in [6.07, 6.45) is 4.60. The number of fused-ring (bicyclic) bond motifs is 1. The van der Waals surface area contributed by atoms with Gasteiger partial charge in [0.05, 0.1) is 12.5 Å². The van der Waals surface area contributed by atoms with E-state index in [1.807, 2.05) is 25.1 Å². The van der Waals surface area contributed by atoms with E-state index in [1.165, 1.54) is 5.56 Å². The SMILES string of the molecule is C/C=C(/C(=O)C1COc2ccc(O)cc2C1)c1ccc(Br)cc1C(C)CC.CCCN. The van der Waals surface area contributed by atoms with Crippen molar-refractivity contribution < 1.29 is 14.6 Å². The number of halogens is 1. The van der Waals surface area contributed by atoms with E-state index in [0.29, 0.717) is 18.9 Å². The summed E-state index contributed by atoms with van der Waals surface area (Å²) in [5, 5.41) is 9.74. The molecule has 0 spiro atoms. The maximum Gasteiger partial charge on any atom is 0.169 e. The van der Waals surface area contributed by atoms with Gasteiger partial charge >= 0.3 is 0 Å². The zero-order valence-electron chi connectivity index (χ0n) is 19.0. The minimum atomic E-state index is -0.251. The number of carbonyl (C=O) groups is 1. The molecule has 2 unspecified atom stereocenters. The zero-order valence-corrected chi connectivity index (χ0v) is 20.5. The summed E-state index contributed by atoms with van der Waals surface area (Å²) < 4.78 is 6.82. The van der Waals surface area contributed by atoms with Crippen molar-refractivity contribution in [2.24, 2.45) is 11.7 Å². The lowest BCUT2D eigenvalue weighted by molar-refractivity contribution is -0.118. The van der Waals surface area contributed by atoms with Crippen LogP contribution < -0.4 is 10.5 Å². The fourth-order valence-corrected chi connectivity index (χ4v) is 3.99. The Morgan fingerprint density at radius 2 is 2.00 bits per heavy atom. The van der Waals surface area contributed by atoms with Crippen LogP contribution in [-0.2, 0) is 11.2 Å². The van der Waals surface area contributed by atoms with E-state index in [-0.39, 0.29) is 17.5 Å². The Labute approximate surface area is 194 Å². The minimum Gasteiger partial charge on any atom is -0.508 e. The lowest BCUT2D eigenvalue weighted by Crippen LogP contribution is -2.29. The molecule has 0 radical (unpaired) electrons. The summed E-state index contributed by atoms with van der Waals surface area (Å²) in [5.41, 5.74) is 8.84. The van der Waals surface area contributed by atoms with Crippen LogP contribution in [0.25, 0.3) is 5.57 Å². The van der Waals surface area contributed by atoms with Gasteiger partial charge in [-0.25, -0.2) is 0 Å². The molecule has 0 aliphatic carbocycles. The summed E-state index contributed by atoms with van der Waals surface area (Å²) in [4.78, 5) is 13.4. The van der Waals surface area contributed by atoms with Crippen LogP contribution >= 0.6 is 15.9 Å². The first-order valence-electron chi connectivity index (χ1n) is 11.0. The molecule has 3 N–H and O–H groups in total. The smallest absolute Gasteiger partial charge is 0.169 e. The molecular formula is C26H34BrNO3. The Balaban J connectivity index is 0.000000785. The molecule has 2 aromatic rings. The molecule has 0 bridgehead atoms. The highest BCUT2D eigenvalue weighted by atomic mass is 79.9. The van der Waals surface area contributed by atoms with Gasteiger partial charge in [0, 0.05) is 10.0 Å². The predicted molar refractivity (Wildman–Crippen MR) is 132 cm³/mol. The van der Waals surface area contributed by atoms with Crippen molar-refractivity contribution in [3.8, 4) is 11.5 Å². The van der Waals surface area contributed by atoms with Crippen LogP contribution in [0.4, 0.5) is 0 Å². The average Bonchev–Trinajstić information content (AvgIpc) is 2.79. The molecule has 1 aliphatic heterocycles. The van der Waals surface area contributed by atoms with Gasteiger partial charge in [-0.3, -0.25) is 4.79 Å². The highest BCUT2D eigenvalue weighted by Crippen LogP contribution is 2.35. The number of Topliss-reactive ketones (excluding diaryl/α,β-unsaturated/α-hetero) is 1. The number of allylic oxidation sites excluding steroid dienone is 2. The van der Waals surface area contributed by atoms with Crippen LogP contribution in [0.1, 0.15) is 63.1 Å². The maximum atomic E-state index is 13.4. The average molecular weight is 488 g/mol. The fourth-order valence-electron chi connectivity index (χ4n) is 3.61. The van der Waals surface area contributed by atoms with Crippen molar-refractivity contribution in [1.29, 1.82) is 0 Å². The molecular weight excluding hydrogens is 454 g/mol. The molecule has 168 valence electrons. The number of rotatable bonds is 6. The van der Waals surface area contributed by atoms with Gasteiger partial charge in [-0.15, -0.1) is 0 Å². The van der Waals surface area contributed by atoms with Crippen LogP contribution in [0.15, 0.2) is 46.9 Å². The summed E-state index contributed by atoms with van der Waals surface area (Å²) in [6, 6.07) is 11.2.